The molecule has 2 aromatic carbocycles. The van der Waals surface area contributed by atoms with Crippen molar-refractivity contribution >= 4 is 38.6 Å². The van der Waals surface area contributed by atoms with Crippen molar-refractivity contribution in [1.29, 1.82) is 0 Å². The molecule has 3 rings (SSSR count). The first-order valence-corrected chi connectivity index (χ1v) is 15.8. The number of ether oxygens (including phenoxy) is 2. The van der Waals surface area contributed by atoms with E-state index in [0.717, 1.165) is 6.29 Å². The van der Waals surface area contributed by atoms with Crippen LogP contribution in [0.2, 0.25) is 18.1 Å². The Hall–Kier alpha value is -3.99. The number of hydrogen-bond donors (Lipinski definition) is 2. The van der Waals surface area contributed by atoms with Crippen LogP contribution in [0.4, 0.5) is 9.59 Å². The van der Waals surface area contributed by atoms with Crippen molar-refractivity contribution in [3.8, 4) is 11.5 Å². The molecule has 0 spiro atoms. The number of hydrogen-bond acceptors (Lipinski definition) is 6. The minimum absolute atomic E-state index is 0.00332. The molecule has 0 unspecified atom stereocenters. The van der Waals surface area contributed by atoms with Gasteiger partial charge in [0.25, 0.3) is 0 Å². The topological polar surface area (TPSA) is 126 Å². The first-order chi connectivity index (χ1) is 18.4. The molecule has 1 heterocycles. The number of guanidine groups is 1. The van der Waals surface area contributed by atoms with Crippen LogP contribution >= 0.6 is 0 Å². The molecule has 208 valence electrons. The molecule has 2 aromatic rings. The largest absolute Gasteiger partial charge is 0.442 e. The molecule has 39 heavy (non-hydrogen) atoms. The molecule has 0 aliphatic carbocycles. The number of nitrogens with one attached hydrogen (secondary N) is 2. The van der Waals surface area contributed by atoms with Crippen LogP contribution in [0.15, 0.2) is 65.7 Å². The number of amides is 3. The Kier molecular flexibility index (Phi) is 9.63. The van der Waals surface area contributed by atoms with Crippen LogP contribution < -0.4 is 20.1 Å². The second kappa shape index (κ2) is 12.7. The second-order valence-electron chi connectivity index (χ2n) is 10.8. The molecule has 0 aromatic heterocycles. The van der Waals surface area contributed by atoms with Gasteiger partial charge >= 0.3 is 12.2 Å². The number of aliphatic imine (C=N–C) groups is 1. The van der Waals surface area contributed by atoms with Crippen LogP contribution in [0, 0.1) is 5.92 Å². The molecule has 2 atom stereocenters. The van der Waals surface area contributed by atoms with Gasteiger partial charge in [-0.05, 0) is 42.1 Å². The molecule has 2 N–H and O–H groups in total. The number of nitrogens with zero attached hydrogens (tertiary/aromatic N) is 2. The summed E-state index contributed by atoms with van der Waals surface area (Å²) in [6.07, 6.45) is 0.0439. The van der Waals surface area contributed by atoms with Crippen LogP contribution in [0.25, 0.3) is 0 Å². The van der Waals surface area contributed by atoms with Gasteiger partial charge in [0.15, 0.2) is 8.24 Å². The SMILES string of the molecule is CC(C)(C)[Si](C)(C)N1C(=O)[C@H](CCCNC(=NC(=O)Oc2ccccc2)NC(=O)Oc2ccccc2)[C@H]1C=O. The van der Waals surface area contributed by atoms with E-state index >= 15 is 0 Å². The first kappa shape index (κ1) is 29.6. The predicted molar refractivity (Wildman–Crippen MR) is 150 cm³/mol. The Morgan fingerprint density at radius 1 is 1.00 bits per heavy atom. The summed E-state index contributed by atoms with van der Waals surface area (Å²) in [5, 5.41) is 5.25. The lowest BCUT2D eigenvalue weighted by Crippen LogP contribution is -2.73. The minimum atomic E-state index is -2.17. The number of para-hydroxylation sites is 2. The van der Waals surface area contributed by atoms with Gasteiger partial charge in [-0.1, -0.05) is 70.3 Å². The summed E-state index contributed by atoms with van der Waals surface area (Å²) in [5.74, 6) is 0.0659. The van der Waals surface area contributed by atoms with Crippen LogP contribution in [0.5, 0.6) is 11.5 Å². The predicted octanol–water partition coefficient (Wildman–Crippen LogP) is 4.73. The molecule has 1 aliphatic heterocycles. The number of carbonyl (C=O) groups is 4. The zero-order valence-electron chi connectivity index (χ0n) is 23.0. The highest BCUT2D eigenvalue weighted by molar-refractivity contribution is 6.80. The quantitative estimate of drug-likeness (QED) is 0.121. The van der Waals surface area contributed by atoms with Crippen molar-refractivity contribution in [3.63, 3.8) is 0 Å². The maximum Gasteiger partial charge on any atom is 0.442 e. The Labute approximate surface area is 229 Å². The van der Waals surface area contributed by atoms with E-state index in [1.807, 2.05) is 4.57 Å². The van der Waals surface area contributed by atoms with Crippen LogP contribution in [0.1, 0.15) is 33.6 Å². The third kappa shape index (κ3) is 7.53. The normalized spacial score (nSPS) is 17.6. The second-order valence-corrected chi connectivity index (χ2v) is 15.9. The van der Waals surface area contributed by atoms with Crippen molar-refractivity contribution in [2.75, 3.05) is 6.54 Å². The molecule has 1 fully saturated rings. The van der Waals surface area contributed by atoms with Gasteiger partial charge in [0.1, 0.15) is 17.8 Å². The molecule has 0 radical (unpaired) electrons. The van der Waals surface area contributed by atoms with E-state index in [-0.39, 0.29) is 23.4 Å². The van der Waals surface area contributed by atoms with Gasteiger partial charge in [0.05, 0.1) is 12.0 Å². The molecule has 10 nitrogen and oxygen atoms in total. The third-order valence-electron chi connectivity index (χ3n) is 7.15. The molecular weight excluding hydrogens is 516 g/mol. The number of β-lactam (4-membered cyclic amide) rings is 1. The highest BCUT2D eigenvalue weighted by Crippen LogP contribution is 2.45. The van der Waals surface area contributed by atoms with Crippen molar-refractivity contribution in [2.24, 2.45) is 10.9 Å². The van der Waals surface area contributed by atoms with Crippen molar-refractivity contribution < 1.29 is 28.7 Å². The smallest absolute Gasteiger partial charge is 0.410 e. The van der Waals surface area contributed by atoms with E-state index in [1.54, 1.807) is 60.7 Å². The Morgan fingerprint density at radius 3 is 2.10 bits per heavy atom. The monoisotopic (exact) mass is 552 g/mol. The number of benzene rings is 2. The molecule has 1 aliphatic rings. The van der Waals surface area contributed by atoms with Crippen LogP contribution in [-0.2, 0) is 9.59 Å². The fourth-order valence-corrected chi connectivity index (χ4v) is 6.52. The Bertz CT molecular complexity index is 1200. The van der Waals surface area contributed by atoms with Gasteiger partial charge < -0.3 is 24.2 Å². The zero-order valence-corrected chi connectivity index (χ0v) is 24.0. The first-order valence-electron chi connectivity index (χ1n) is 12.9. The highest BCUT2D eigenvalue weighted by atomic mass is 28.3. The molecule has 11 heteroatoms. The summed E-state index contributed by atoms with van der Waals surface area (Å²) >= 11 is 0. The lowest BCUT2D eigenvalue weighted by atomic mass is 9.87. The van der Waals surface area contributed by atoms with Gasteiger partial charge in [-0.2, -0.15) is 0 Å². The summed E-state index contributed by atoms with van der Waals surface area (Å²) in [6, 6.07) is 16.4. The number of aldehydes is 1. The fourth-order valence-electron chi connectivity index (χ4n) is 4.09. The van der Waals surface area contributed by atoms with Crippen molar-refractivity contribution in [2.45, 2.75) is 57.8 Å². The number of carbonyl (C=O) groups excluding carboxylic acids is 4. The van der Waals surface area contributed by atoms with E-state index in [4.69, 9.17) is 9.47 Å². The lowest BCUT2D eigenvalue weighted by Gasteiger charge is -2.56. The summed E-state index contributed by atoms with van der Waals surface area (Å²) in [6.45, 7) is 10.8. The summed E-state index contributed by atoms with van der Waals surface area (Å²) in [5.41, 5.74) is 0. The van der Waals surface area contributed by atoms with E-state index in [2.05, 4.69) is 49.5 Å². The fraction of sp³-hybridized carbons (Fsp3) is 0.393. The lowest BCUT2D eigenvalue weighted by molar-refractivity contribution is -0.151. The van der Waals surface area contributed by atoms with Crippen molar-refractivity contribution in [1.82, 2.24) is 15.2 Å². The number of rotatable bonds is 8. The van der Waals surface area contributed by atoms with Gasteiger partial charge in [-0.3, -0.25) is 10.1 Å². The molecular formula is C28H36N4O6Si. The zero-order chi connectivity index (χ0) is 28.6. The van der Waals surface area contributed by atoms with Crippen LogP contribution in [-0.4, -0.2) is 55.7 Å². The average molecular weight is 553 g/mol. The maximum absolute atomic E-state index is 13.0. The molecule has 1 saturated heterocycles. The van der Waals surface area contributed by atoms with E-state index in [1.165, 1.54) is 0 Å². The summed E-state index contributed by atoms with van der Waals surface area (Å²) < 4.78 is 12.2. The maximum atomic E-state index is 13.0. The van der Waals surface area contributed by atoms with E-state index in [9.17, 15) is 19.2 Å². The average Bonchev–Trinajstić information content (AvgIpc) is 2.86. The summed E-state index contributed by atoms with van der Waals surface area (Å²) in [4.78, 5) is 53.5. The van der Waals surface area contributed by atoms with Gasteiger partial charge in [0.2, 0.25) is 11.9 Å². The minimum Gasteiger partial charge on any atom is -0.410 e. The highest BCUT2D eigenvalue weighted by Gasteiger charge is 2.56. The van der Waals surface area contributed by atoms with Gasteiger partial charge in [0, 0.05) is 6.54 Å². The standard InChI is InChI=1S/C28H36N4O6Si/c1-28(2,3)39(4,5)32-23(19-33)22(24(32)34)17-12-18-29-25(30-26(35)37-20-13-8-6-9-14-20)31-27(36)38-21-15-10-7-11-16-21/h6-11,13-16,19,22-23H,12,17-18H2,1-5H3,(H2,29,30,31,35,36)/t22-,23-/m1/s1. The van der Waals surface area contributed by atoms with Gasteiger partial charge in [-0.25, -0.2) is 9.59 Å². The molecule has 0 saturated carbocycles. The summed E-state index contributed by atoms with van der Waals surface area (Å²) in [7, 11) is -2.17. The third-order valence-corrected chi connectivity index (χ3v) is 12.5. The Balaban J connectivity index is 1.61. The van der Waals surface area contributed by atoms with Crippen LogP contribution in [0.3, 0.4) is 0 Å². The van der Waals surface area contributed by atoms with Crippen molar-refractivity contribution in [3.05, 3.63) is 60.7 Å². The van der Waals surface area contributed by atoms with Gasteiger partial charge in [-0.15, -0.1) is 4.99 Å². The molecule has 3 amide bonds. The Morgan fingerprint density at radius 2 is 1.56 bits per heavy atom. The van der Waals surface area contributed by atoms with E-state index < -0.39 is 32.4 Å². The molecule has 0 bridgehead atoms. The van der Waals surface area contributed by atoms with E-state index in [0.29, 0.717) is 24.3 Å².